The van der Waals surface area contributed by atoms with Crippen LogP contribution in [-0.2, 0) is 4.75 Å². The van der Waals surface area contributed by atoms with Crippen molar-refractivity contribution >= 4 is 11.8 Å². The van der Waals surface area contributed by atoms with Crippen molar-refractivity contribution in [1.82, 2.24) is 0 Å². The van der Waals surface area contributed by atoms with Crippen LogP contribution in [0.15, 0.2) is 30.3 Å². The molecule has 0 bridgehead atoms. The lowest BCUT2D eigenvalue weighted by atomic mass is 10.0. The zero-order chi connectivity index (χ0) is 9.73. The van der Waals surface area contributed by atoms with Gasteiger partial charge in [0.1, 0.15) is 4.75 Å². The molecule has 1 rings (SSSR count). The van der Waals surface area contributed by atoms with E-state index in [-0.39, 0.29) is 0 Å². The summed E-state index contributed by atoms with van der Waals surface area (Å²) < 4.78 is -0.393. The summed E-state index contributed by atoms with van der Waals surface area (Å²) in [6.45, 7) is 4.04. The number of nitriles is 1. The first kappa shape index (κ1) is 10.1. The van der Waals surface area contributed by atoms with Crippen LogP contribution in [0.5, 0.6) is 0 Å². The molecule has 0 radical (unpaired) electrons. The van der Waals surface area contributed by atoms with Crippen molar-refractivity contribution in [2.24, 2.45) is 0 Å². The monoisotopic (exact) mass is 191 g/mol. The van der Waals surface area contributed by atoms with Crippen LogP contribution in [0.2, 0.25) is 0 Å². The average molecular weight is 191 g/mol. The van der Waals surface area contributed by atoms with Gasteiger partial charge in [-0.25, -0.2) is 0 Å². The summed E-state index contributed by atoms with van der Waals surface area (Å²) in [6, 6.07) is 12.3. The van der Waals surface area contributed by atoms with Crippen molar-refractivity contribution in [3.63, 3.8) is 0 Å². The molecule has 1 atom stereocenters. The van der Waals surface area contributed by atoms with Crippen molar-refractivity contribution in [2.75, 3.05) is 5.75 Å². The third kappa shape index (κ3) is 2.26. The minimum atomic E-state index is -0.393. The van der Waals surface area contributed by atoms with E-state index in [0.29, 0.717) is 0 Å². The smallest absolute Gasteiger partial charge is 0.125 e. The lowest BCUT2D eigenvalue weighted by molar-refractivity contribution is 0.895. The van der Waals surface area contributed by atoms with Gasteiger partial charge in [0.25, 0.3) is 0 Å². The Morgan fingerprint density at radius 3 is 2.46 bits per heavy atom. The van der Waals surface area contributed by atoms with E-state index in [0.717, 1.165) is 11.3 Å². The summed E-state index contributed by atoms with van der Waals surface area (Å²) in [5, 5.41) is 9.10. The van der Waals surface area contributed by atoms with E-state index in [1.54, 1.807) is 11.8 Å². The first-order chi connectivity index (χ1) is 6.23. The summed E-state index contributed by atoms with van der Waals surface area (Å²) in [5.74, 6) is 0.957. The second-order valence-electron chi connectivity index (χ2n) is 2.94. The molecule has 0 saturated carbocycles. The highest BCUT2D eigenvalue weighted by Crippen LogP contribution is 2.34. The fourth-order valence-electron chi connectivity index (χ4n) is 1.23. The fraction of sp³-hybridized carbons (Fsp3) is 0.364. The maximum absolute atomic E-state index is 9.10. The van der Waals surface area contributed by atoms with Gasteiger partial charge in [0.05, 0.1) is 6.07 Å². The summed E-state index contributed by atoms with van der Waals surface area (Å²) in [5.41, 5.74) is 1.09. The van der Waals surface area contributed by atoms with E-state index >= 15 is 0 Å². The number of hydrogen-bond donors (Lipinski definition) is 0. The van der Waals surface area contributed by atoms with Crippen molar-refractivity contribution < 1.29 is 0 Å². The molecule has 1 unspecified atom stereocenters. The van der Waals surface area contributed by atoms with Gasteiger partial charge in [0.15, 0.2) is 0 Å². The maximum Gasteiger partial charge on any atom is 0.125 e. The van der Waals surface area contributed by atoms with Crippen molar-refractivity contribution in [3.05, 3.63) is 35.9 Å². The van der Waals surface area contributed by atoms with Gasteiger partial charge in [-0.1, -0.05) is 37.3 Å². The van der Waals surface area contributed by atoms with Gasteiger partial charge in [-0.05, 0) is 18.2 Å². The van der Waals surface area contributed by atoms with E-state index in [4.69, 9.17) is 5.26 Å². The molecule has 0 aliphatic carbocycles. The van der Waals surface area contributed by atoms with E-state index in [2.05, 4.69) is 13.0 Å². The van der Waals surface area contributed by atoms with Gasteiger partial charge >= 0.3 is 0 Å². The van der Waals surface area contributed by atoms with Crippen LogP contribution < -0.4 is 0 Å². The van der Waals surface area contributed by atoms with Gasteiger partial charge in [-0.15, -0.1) is 11.8 Å². The molecule has 0 spiro atoms. The third-order valence-electron chi connectivity index (χ3n) is 1.97. The molecule has 0 aromatic heterocycles. The number of benzene rings is 1. The summed E-state index contributed by atoms with van der Waals surface area (Å²) in [7, 11) is 0. The molecule has 0 N–H and O–H groups in total. The van der Waals surface area contributed by atoms with E-state index in [9.17, 15) is 0 Å². The Bertz CT molecular complexity index is 302. The molecule has 1 aromatic rings. The summed E-state index contributed by atoms with van der Waals surface area (Å²) in [4.78, 5) is 0. The van der Waals surface area contributed by atoms with Gasteiger partial charge in [-0.3, -0.25) is 0 Å². The second-order valence-corrected chi connectivity index (χ2v) is 4.63. The molecule has 0 fully saturated rings. The van der Waals surface area contributed by atoms with Crippen molar-refractivity contribution in [1.29, 1.82) is 5.26 Å². The highest BCUT2D eigenvalue weighted by Gasteiger charge is 2.25. The summed E-state index contributed by atoms with van der Waals surface area (Å²) in [6.07, 6.45) is 0. The molecular formula is C11H13NS. The quantitative estimate of drug-likeness (QED) is 0.732. The second kappa shape index (κ2) is 4.34. The van der Waals surface area contributed by atoms with Crippen molar-refractivity contribution in [2.45, 2.75) is 18.6 Å². The Balaban J connectivity index is 2.98. The number of thioether (sulfide) groups is 1. The van der Waals surface area contributed by atoms with Gasteiger partial charge < -0.3 is 0 Å². The van der Waals surface area contributed by atoms with Crippen LogP contribution in [0.3, 0.4) is 0 Å². The minimum absolute atomic E-state index is 0.393. The van der Waals surface area contributed by atoms with Crippen LogP contribution in [0, 0.1) is 11.3 Å². The zero-order valence-corrected chi connectivity index (χ0v) is 8.77. The molecule has 0 aliphatic rings. The average Bonchev–Trinajstić information content (AvgIpc) is 2.19. The Morgan fingerprint density at radius 1 is 1.38 bits per heavy atom. The summed E-state index contributed by atoms with van der Waals surface area (Å²) >= 11 is 1.67. The van der Waals surface area contributed by atoms with Crippen LogP contribution in [0.4, 0.5) is 0 Å². The number of hydrogen-bond acceptors (Lipinski definition) is 2. The van der Waals surface area contributed by atoms with Crippen LogP contribution >= 0.6 is 11.8 Å². The van der Waals surface area contributed by atoms with Crippen molar-refractivity contribution in [3.8, 4) is 6.07 Å². The molecule has 68 valence electrons. The van der Waals surface area contributed by atoms with E-state index in [1.165, 1.54) is 0 Å². The number of rotatable bonds is 3. The Kier molecular flexibility index (Phi) is 3.39. The predicted molar refractivity (Wildman–Crippen MR) is 57.5 cm³/mol. The Morgan fingerprint density at radius 2 is 2.00 bits per heavy atom. The molecular weight excluding hydrogens is 178 g/mol. The molecule has 0 amide bonds. The van der Waals surface area contributed by atoms with Gasteiger partial charge in [0, 0.05) is 0 Å². The first-order valence-electron chi connectivity index (χ1n) is 4.33. The lowest BCUT2D eigenvalue weighted by Crippen LogP contribution is -2.14. The highest BCUT2D eigenvalue weighted by atomic mass is 32.2. The van der Waals surface area contributed by atoms with Gasteiger partial charge in [-0.2, -0.15) is 5.26 Å². The lowest BCUT2D eigenvalue weighted by Gasteiger charge is -2.20. The molecule has 0 heterocycles. The van der Waals surface area contributed by atoms with E-state index in [1.807, 2.05) is 37.3 Å². The van der Waals surface area contributed by atoms with Gasteiger partial charge in [0.2, 0.25) is 0 Å². The maximum atomic E-state index is 9.10. The predicted octanol–water partition coefficient (Wildman–Crippen LogP) is 3.18. The SMILES string of the molecule is CCSC(C)(C#N)c1ccccc1. The Labute approximate surface area is 83.8 Å². The topological polar surface area (TPSA) is 23.8 Å². The van der Waals surface area contributed by atoms with Crippen LogP contribution in [0.25, 0.3) is 0 Å². The fourth-order valence-corrected chi connectivity index (χ4v) is 2.17. The van der Waals surface area contributed by atoms with E-state index < -0.39 is 4.75 Å². The first-order valence-corrected chi connectivity index (χ1v) is 5.32. The Hall–Kier alpha value is -0.940. The molecule has 0 aliphatic heterocycles. The number of nitrogens with zero attached hydrogens (tertiary/aromatic N) is 1. The minimum Gasteiger partial charge on any atom is -0.196 e. The largest absolute Gasteiger partial charge is 0.196 e. The normalized spacial score (nSPS) is 14.5. The molecule has 2 heteroatoms. The van der Waals surface area contributed by atoms with Crippen LogP contribution in [0.1, 0.15) is 19.4 Å². The highest BCUT2D eigenvalue weighted by molar-refractivity contribution is 8.00. The standard InChI is InChI=1S/C11H13NS/c1-3-13-11(2,9-12)10-7-5-4-6-8-10/h4-8H,3H2,1-2H3. The molecule has 13 heavy (non-hydrogen) atoms. The third-order valence-corrected chi connectivity index (χ3v) is 3.16. The molecule has 1 nitrogen and oxygen atoms in total. The van der Waals surface area contributed by atoms with Crippen LogP contribution in [-0.4, -0.2) is 5.75 Å². The molecule has 1 aromatic carbocycles. The zero-order valence-electron chi connectivity index (χ0n) is 7.95. The molecule has 0 saturated heterocycles.